The molecule has 0 radical (unpaired) electrons. The number of amides is 3. The Balaban J connectivity index is 0.00000208. The van der Waals surface area contributed by atoms with Gasteiger partial charge in [-0.1, -0.05) is 0 Å². The number of hydrazone groups is 1. The van der Waals surface area contributed by atoms with E-state index in [1.54, 1.807) is 24.3 Å². The van der Waals surface area contributed by atoms with Gasteiger partial charge in [-0.25, -0.2) is 9.80 Å². The third-order valence-corrected chi connectivity index (χ3v) is 3.09. The minimum absolute atomic E-state index is 0. The van der Waals surface area contributed by atoms with Gasteiger partial charge >= 0.3 is 35.6 Å². The van der Waals surface area contributed by atoms with Crippen LogP contribution in [0.3, 0.4) is 0 Å². The molecule has 0 spiro atoms. The number of hydrogen-bond donors (Lipinski definition) is 1. The topological polar surface area (TPSA) is 150 Å². The van der Waals surface area contributed by atoms with Crippen molar-refractivity contribution in [1.29, 1.82) is 0 Å². The number of nitro groups is 1. The van der Waals surface area contributed by atoms with E-state index in [0.29, 0.717) is 17.1 Å². The second kappa shape index (κ2) is 8.53. The van der Waals surface area contributed by atoms with Gasteiger partial charge in [-0.2, -0.15) is 5.10 Å². The first-order chi connectivity index (χ1) is 11.0. The fraction of sp³-hybridized carbons (Fsp3) is 0.0714. The normalized spacial score (nSPS) is 13.4. The summed E-state index contributed by atoms with van der Waals surface area (Å²) >= 11 is 0. The first-order valence-electron chi connectivity index (χ1n) is 6.53. The van der Waals surface area contributed by atoms with Gasteiger partial charge in [-0.05, 0) is 24.3 Å². The van der Waals surface area contributed by atoms with Gasteiger partial charge < -0.3 is 11.3 Å². The van der Waals surface area contributed by atoms with Crippen molar-refractivity contribution < 1.29 is 55.4 Å². The van der Waals surface area contributed by atoms with Gasteiger partial charge in [-0.3, -0.25) is 20.2 Å². The molecule has 2 aromatic rings. The molecule has 1 aliphatic heterocycles. The van der Waals surface area contributed by atoms with Crippen LogP contribution in [0.1, 0.15) is 7.19 Å². The summed E-state index contributed by atoms with van der Waals surface area (Å²) in [7, 11) is 0. The largest absolute Gasteiger partial charge is 1.00 e. The van der Waals surface area contributed by atoms with Crippen molar-refractivity contribution in [3.8, 4) is 11.3 Å². The summed E-state index contributed by atoms with van der Waals surface area (Å²) in [5.74, 6) is 0.465. The summed E-state index contributed by atoms with van der Waals surface area (Å²) in [4.78, 5) is 32.5. The van der Waals surface area contributed by atoms with Gasteiger partial charge in [0.1, 0.15) is 18.1 Å². The zero-order valence-corrected chi connectivity index (χ0v) is 15.1. The summed E-state index contributed by atoms with van der Waals surface area (Å²) in [6.45, 7) is -0.134. The van der Waals surface area contributed by atoms with Gasteiger partial charge in [0.2, 0.25) is 5.91 Å². The number of nitro benzene ring substituents is 1. The van der Waals surface area contributed by atoms with Crippen LogP contribution in [0.15, 0.2) is 45.9 Å². The second-order valence-corrected chi connectivity index (χ2v) is 4.66. The molecule has 1 saturated heterocycles. The molecule has 10 nitrogen and oxygen atoms in total. The van der Waals surface area contributed by atoms with Crippen LogP contribution >= 0.6 is 0 Å². The third-order valence-electron chi connectivity index (χ3n) is 3.09. The van der Waals surface area contributed by atoms with Crippen molar-refractivity contribution in [1.82, 2.24) is 10.3 Å². The van der Waals surface area contributed by atoms with Crippen LogP contribution in [0, 0.1) is 10.1 Å². The maximum Gasteiger partial charge on any atom is 1.00 e. The molecule has 0 bridgehead atoms. The van der Waals surface area contributed by atoms with Gasteiger partial charge in [0.05, 0.1) is 11.1 Å². The smallest absolute Gasteiger partial charge is 1.00 e. The minimum atomic E-state index is -0.589. The molecule has 3 amide bonds. The fourth-order valence-electron chi connectivity index (χ4n) is 1.98. The average Bonchev–Trinajstić information content (AvgIpc) is 3.11. The van der Waals surface area contributed by atoms with Crippen molar-refractivity contribution in [2.45, 2.75) is 0 Å². The number of benzene rings is 1. The Morgan fingerprint density at radius 2 is 1.92 bits per heavy atom. The van der Waals surface area contributed by atoms with E-state index in [1.165, 1.54) is 18.3 Å². The Bertz CT molecular complexity index is 823. The molecule has 2 heterocycles. The number of non-ortho nitro benzene ring substituents is 1. The maximum atomic E-state index is 11.3. The van der Waals surface area contributed by atoms with Crippen molar-refractivity contribution in [2.75, 3.05) is 6.54 Å². The third kappa shape index (κ3) is 4.73. The number of rotatable bonds is 4. The van der Waals surface area contributed by atoms with Crippen LogP contribution in [-0.2, 0) is 4.79 Å². The van der Waals surface area contributed by atoms with Gasteiger partial charge in [0.15, 0.2) is 0 Å². The summed E-state index contributed by atoms with van der Waals surface area (Å²) < 4.78 is 5.53. The molecule has 0 unspecified atom stereocenters. The van der Waals surface area contributed by atoms with E-state index in [2.05, 4.69) is 10.4 Å². The molecule has 1 aromatic carbocycles. The number of furan rings is 1. The van der Waals surface area contributed by atoms with E-state index in [1.807, 2.05) is 0 Å². The summed E-state index contributed by atoms with van der Waals surface area (Å²) in [6.07, 6.45) is 1.31. The van der Waals surface area contributed by atoms with Crippen molar-refractivity contribution in [2.24, 2.45) is 5.10 Å². The summed E-state index contributed by atoms with van der Waals surface area (Å²) in [5.41, 5.74) is 0.663. The number of urea groups is 1. The van der Waals surface area contributed by atoms with E-state index in [0.717, 1.165) is 5.01 Å². The quantitative estimate of drug-likeness (QED) is 0.222. The van der Waals surface area contributed by atoms with Crippen molar-refractivity contribution in [3.63, 3.8) is 0 Å². The standard InChI is InChI=1S/C14H10N4O5.Na.H2O.H/c19-13-8-17(14(20)16-13)15-7-11-5-6-12(23-11)9-1-3-10(4-2-9)18(21)22;;;/h1-7H,8H2,(H,16,19,20);;1H2;/q;+1;;-1/b15-7+;;;. The molecule has 25 heavy (non-hydrogen) atoms. The molecule has 1 aliphatic rings. The maximum absolute atomic E-state index is 11.3. The second-order valence-electron chi connectivity index (χ2n) is 4.66. The van der Waals surface area contributed by atoms with Gasteiger partial charge in [0, 0.05) is 17.7 Å². The molecule has 1 aromatic heterocycles. The van der Waals surface area contributed by atoms with Gasteiger partial charge in [0.25, 0.3) is 5.69 Å². The SMILES string of the molecule is O.O=C1CN(/N=C/c2ccc(-c3ccc([N+](=O)[O-])cc3)o2)C(=O)N1.[H-].[Na+]. The van der Waals surface area contributed by atoms with E-state index in [9.17, 15) is 19.7 Å². The molecule has 3 rings (SSSR count). The Labute approximate surface area is 164 Å². The van der Waals surface area contributed by atoms with E-state index in [4.69, 9.17) is 4.42 Å². The first-order valence-corrected chi connectivity index (χ1v) is 6.53. The Kier molecular flexibility index (Phi) is 7.00. The predicted octanol–water partition coefficient (Wildman–Crippen LogP) is -1.97. The van der Waals surface area contributed by atoms with Crippen LogP contribution in [0.5, 0.6) is 0 Å². The van der Waals surface area contributed by atoms with Crippen molar-refractivity contribution in [3.05, 3.63) is 52.3 Å². The van der Waals surface area contributed by atoms with Crippen LogP contribution in [-0.4, -0.2) is 40.1 Å². The molecule has 0 aliphatic carbocycles. The van der Waals surface area contributed by atoms with Crippen molar-refractivity contribution >= 4 is 23.8 Å². The number of imide groups is 1. The molecule has 0 atom stereocenters. The Morgan fingerprint density at radius 3 is 2.48 bits per heavy atom. The number of carbonyl (C=O) groups excluding carboxylic acids is 2. The number of carbonyl (C=O) groups is 2. The van der Waals surface area contributed by atoms with Crippen LogP contribution in [0.4, 0.5) is 10.5 Å². The summed E-state index contributed by atoms with van der Waals surface area (Å²) in [6, 6.07) is 8.63. The fourth-order valence-corrected chi connectivity index (χ4v) is 1.98. The number of hydrogen-bond acceptors (Lipinski definition) is 6. The van der Waals surface area contributed by atoms with E-state index < -0.39 is 16.9 Å². The Morgan fingerprint density at radius 1 is 1.24 bits per heavy atom. The molecule has 11 heteroatoms. The predicted molar refractivity (Wildman–Crippen MR) is 83.4 cm³/mol. The Hall–Kier alpha value is -2.53. The average molecular weight is 356 g/mol. The molecule has 0 saturated carbocycles. The number of nitrogens with zero attached hydrogens (tertiary/aromatic N) is 3. The van der Waals surface area contributed by atoms with Gasteiger partial charge in [-0.15, -0.1) is 0 Å². The zero-order valence-electron chi connectivity index (χ0n) is 14.1. The monoisotopic (exact) mass is 356 g/mol. The zero-order chi connectivity index (χ0) is 16.4. The van der Waals surface area contributed by atoms with E-state index >= 15 is 0 Å². The molecule has 126 valence electrons. The molecule has 3 N–H and O–H groups in total. The van der Waals surface area contributed by atoms with E-state index in [-0.39, 0.29) is 48.7 Å². The molecular formula is C14H13N4NaO6. The van der Waals surface area contributed by atoms with Crippen LogP contribution in [0.25, 0.3) is 11.3 Å². The molecular weight excluding hydrogens is 343 g/mol. The van der Waals surface area contributed by atoms with Crippen LogP contribution in [0.2, 0.25) is 0 Å². The summed E-state index contributed by atoms with van der Waals surface area (Å²) in [5, 5.41) is 17.6. The first kappa shape index (κ1) is 20.5. The number of nitrogens with one attached hydrogen (secondary N) is 1. The molecule has 1 fully saturated rings. The minimum Gasteiger partial charge on any atom is -1.00 e. The van der Waals surface area contributed by atoms with Crippen LogP contribution < -0.4 is 34.9 Å².